The molecular formula is C31H61MgNO9S. The molecule has 10 nitrogen and oxygen atoms in total. The molecule has 1 aromatic carbocycles. The number of benzene rings is 1. The van der Waals surface area contributed by atoms with Crippen molar-refractivity contribution in [2.24, 2.45) is 0 Å². The van der Waals surface area contributed by atoms with Crippen LogP contribution < -0.4 is 5.32 Å². The fourth-order valence-corrected chi connectivity index (χ4v) is 4.11. The summed E-state index contributed by atoms with van der Waals surface area (Å²) < 4.78 is 31.6. The van der Waals surface area contributed by atoms with Crippen LogP contribution in [-0.4, -0.2) is 79.1 Å². The highest BCUT2D eigenvalue weighted by Gasteiger charge is 2.14. The van der Waals surface area contributed by atoms with Crippen molar-refractivity contribution in [3.8, 4) is 5.75 Å². The molecule has 1 aromatic rings. The summed E-state index contributed by atoms with van der Waals surface area (Å²) >= 11 is 0. The fraction of sp³-hybridized carbons (Fsp3) is 0.774. The number of hydrogen-bond donors (Lipinski definition) is 7. The standard InChI is InChI=1S/C18H36O2.C13H21NO3.Mg.H2O4S.2H/c1-2-3-4-5-6-7-8-9-10-11-12-13-14-15-16-17-18(19)20;1-13(2,3)14-7-12(17)9-4-5-11(16)10(6-9)8-15;;1-5(2,3)4;;/h2-17H2,1H3,(H,19,20);4-6,12,14-17H,7-8H2,1-3H3;;(H2,1,2,3,4);;. The van der Waals surface area contributed by atoms with Crippen molar-refractivity contribution in [3.63, 3.8) is 0 Å². The second-order valence-electron chi connectivity index (χ2n) is 11.7. The highest BCUT2D eigenvalue weighted by molar-refractivity contribution is 7.79. The predicted octanol–water partition coefficient (Wildman–Crippen LogP) is 6.07. The van der Waals surface area contributed by atoms with Crippen LogP contribution in [0.15, 0.2) is 18.2 Å². The van der Waals surface area contributed by atoms with Crippen molar-refractivity contribution in [3.05, 3.63) is 29.3 Å². The quantitative estimate of drug-likeness (QED) is 0.0498. The van der Waals surface area contributed by atoms with Gasteiger partial charge in [0.2, 0.25) is 0 Å². The first-order valence-electron chi connectivity index (χ1n) is 15.4. The minimum atomic E-state index is -4.67. The van der Waals surface area contributed by atoms with Gasteiger partial charge in [0.1, 0.15) is 5.75 Å². The number of unbranched alkanes of at least 4 members (excludes halogenated alkanes) is 14. The zero-order valence-corrected chi connectivity index (χ0v) is 27.2. The van der Waals surface area contributed by atoms with Crippen molar-refractivity contribution in [1.82, 2.24) is 5.32 Å². The molecule has 0 saturated carbocycles. The van der Waals surface area contributed by atoms with E-state index in [-0.39, 0.29) is 40.9 Å². The van der Waals surface area contributed by atoms with Crippen LogP contribution in [0.25, 0.3) is 0 Å². The van der Waals surface area contributed by atoms with E-state index in [0.717, 1.165) is 12.8 Å². The first kappa shape index (κ1) is 46.4. The third-order valence-corrected chi connectivity index (χ3v) is 6.48. The van der Waals surface area contributed by atoms with Crippen LogP contribution in [0.2, 0.25) is 0 Å². The minimum absolute atomic E-state index is 0. The van der Waals surface area contributed by atoms with E-state index in [0.29, 0.717) is 24.1 Å². The molecule has 0 aromatic heterocycles. The molecule has 12 heteroatoms. The molecular weight excluding hydrogens is 587 g/mol. The average molecular weight is 648 g/mol. The number of β-amino-alcohol motifs (C(OH)–C–C–N with tert-alkyl or cyclic N) is 1. The number of carbonyl (C=O) groups is 1. The van der Waals surface area contributed by atoms with Crippen molar-refractivity contribution >= 4 is 39.4 Å². The number of aromatic hydroxyl groups is 1. The van der Waals surface area contributed by atoms with Crippen molar-refractivity contribution in [1.29, 1.82) is 0 Å². The monoisotopic (exact) mass is 647 g/mol. The topological polar surface area (TPSA) is 185 Å². The van der Waals surface area contributed by atoms with E-state index in [2.05, 4.69) is 12.2 Å². The van der Waals surface area contributed by atoms with Crippen LogP contribution >= 0.6 is 0 Å². The molecule has 1 unspecified atom stereocenters. The van der Waals surface area contributed by atoms with Gasteiger partial charge in [0.05, 0.1) is 12.7 Å². The highest BCUT2D eigenvalue weighted by Crippen LogP contribution is 2.22. The van der Waals surface area contributed by atoms with E-state index in [4.69, 9.17) is 27.7 Å². The SMILES string of the molecule is CC(C)(C)NCC(O)c1ccc(O)c(CO)c1.CCCCCCCCCCCCCCCCCC(=O)O.O=S(=O)(O)O.[MgH2]. The molecule has 1 rings (SSSR count). The zero-order chi connectivity index (χ0) is 32.4. The van der Waals surface area contributed by atoms with Crippen LogP contribution in [-0.2, 0) is 21.8 Å². The molecule has 0 bridgehead atoms. The Balaban J connectivity index is -0.000000634. The Morgan fingerprint density at radius 1 is 0.837 bits per heavy atom. The van der Waals surface area contributed by atoms with Crippen LogP contribution in [0.5, 0.6) is 5.75 Å². The lowest BCUT2D eigenvalue weighted by atomic mass is 10.0. The second kappa shape index (κ2) is 28.5. The fourth-order valence-electron chi connectivity index (χ4n) is 4.11. The molecule has 0 aliphatic rings. The van der Waals surface area contributed by atoms with E-state index >= 15 is 0 Å². The summed E-state index contributed by atoms with van der Waals surface area (Å²) in [5, 5.41) is 40.1. The van der Waals surface area contributed by atoms with E-state index in [9.17, 15) is 15.0 Å². The second-order valence-corrected chi connectivity index (χ2v) is 12.6. The predicted molar refractivity (Wildman–Crippen MR) is 177 cm³/mol. The summed E-state index contributed by atoms with van der Waals surface area (Å²) in [5.74, 6) is -0.605. The Bertz CT molecular complexity index is 901. The largest absolute Gasteiger partial charge is 0.508 e. The van der Waals surface area contributed by atoms with E-state index in [1.54, 1.807) is 12.1 Å². The lowest BCUT2D eigenvalue weighted by Gasteiger charge is -2.23. The number of hydrogen-bond acceptors (Lipinski definition) is 7. The van der Waals surface area contributed by atoms with Gasteiger partial charge in [0.15, 0.2) is 0 Å². The van der Waals surface area contributed by atoms with Crippen molar-refractivity contribution in [2.75, 3.05) is 6.54 Å². The lowest BCUT2D eigenvalue weighted by Crippen LogP contribution is -2.38. The molecule has 0 aliphatic heterocycles. The molecule has 0 radical (unpaired) electrons. The Kier molecular flexibility index (Phi) is 30.7. The number of carboxylic acids is 1. The molecule has 0 saturated heterocycles. The molecule has 0 spiro atoms. The summed E-state index contributed by atoms with van der Waals surface area (Å²) in [6.07, 6.45) is 19.5. The third-order valence-electron chi connectivity index (χ3n) is 6.48. The lowest BCUT2D eigenvalue weighted by molar-refractivity contribution is -0.137. The zero-order valence-electron chi connectivity index (χ0n) is 26.4. The maximum absolute atomic E-state index is 10.3. The van der Waals surface area contributed by atoms with Gasteiger partial charge in [-0.25, -0.2) is 0 Å². The van der Waals surface area contributed by atoms with Gasteiger partial charge in [0.25, 0.3) is 0 Å². The van der Waals surface area contributed by atoms with Crippen LogP contribution in [0.4, 0.5) is 0 Å². The summed E-state index contributed by atoms with van der Waals surface area (Å²) in [5.41, 5.74) is 1.05. The number of aliphatic carboxylic acids is 1. The molecule has 0 fully saturated rings. The van der Waals surface area contributed by atoms with Gasteiger partial charge >= 0.3 is 39.4 Å². The molecule has 0 amide bonds. The minimum Gasteiger partial charge on any atom is -0.508 e. The maximum atomic E-state index is 10.3. The van der Waals surface area contributed by atoms with Gasteiger partial charge in [-0.05, 0) is 44.9 Å². The first-order valence-corrected chi connectivity index (χ1v) is 16.8. The van der Waals surface area contributed by atoms with Gasteiger partial charge in [-0.3, -0.25) is 13.9 Å². The van der Waals surface area contributed by atoms with Gasteiger partial charge in [-0.15, -0.1) is 0 Å². The number of carboxylic acid groups (broad SMARTS) is 1. The Labute approximate surface area is 276 Å². The summed E-state index contributed by atoms with van der Waals surface area (Å²) in [6.45, 7) is 8.53. The van der Waals surface area contributed by atoms with Gasteiger partial charge in [0, 0.05) is 24.1 Å². The smallest absolute Gasteiger partial charge is 0.394 e. The maximum Gasteiger partial charge on any atom is 0.394 e. The van der Waals surface area contributed by atoms with E-state index in [1.807, 2.05) is 20.8 Å². The molecule has 7 N–H and O–H groups in total. The average Bonchev–Trinajstić information content (AvgIpc) is 2.88. The summed E-state index contributed by atoms with van der Waals surface area (Å²) in [6, 6.07) is 4.76. The normalized spacial score (nSPS) is 11.8. The Morgan fingerprint density at radius 3 is 1.58 bits per heavy atom. The summed E-state index contributed by atoms with van der Waals surface area (Å²) in [4.78, 5) is 10.3. The van der Waals surface area contributed by atoms with Crippen molar-refractivity contribution in [2.45, 2.75) is 149 Å². The molecule has 252 valence electrons. The number of aliphatic hydroxyl groups excluding tert-OH is 2. The van der Waals surface area contributed by atoms with Crippen molar-refractivity contribution < 1.29 is 42.7 Å². The van der Waals surface area contributed by atoms with E-state index < -0.39 is 22.5 Å². The highest BCUT2D eigenvalue weighted by atomic mass is 32.3. The third kappa shape index (κ3) is 37.1. The molecule has 0 heterocycles. The molecule has 43 heavy (non-hydrogen) atoms. The van der Waals surface area contributed by atoms with Crippen LogP contribution in [0.1, 0.15) is 148 Å². The Hall–Kier alpha value is -0.994. The summed E-state index contributed by atoms with van der Waals surface area (Å²) in [7, 11) is -4.67. The number of phenols is 1. The first-order chi connectivity index (χ1) is 19.6. The van der Waals surface area contributed by atoms with Gasteiger partial charge in [-0.2, -0.15) is 8.42 Å². The molecule has 0 aliphatic carbocycles. The number of nitrogens with one attached hydrogen (secondary N) is 1. The number of aliphatic hydroxyl groups is 2. The Morgan fingerprint density at radius 2 is 1.23 bits per heavy atom. The van der Waals surface area contributed by atoms with Crippen LogP contribution in [0.3, 0.4) is 0 Å². The van der Waals surface area contributed by atoms with E-state index in [1.165, 1.54) is 89.5 Å². The van der Waals surface area contributed by atoms with Gasteiger partial charge < -0.3 is 25.7 Å². The van der Waals surface area contributed by atoms with Crippen LogP contribution in [0, 0.1) is 0 Å². The molecule has 1 atom stereocenters. The number of rotatable bonds is 20. The van der Waals surface area contributed by atoms with Gasteiger partial charge in [-0.1, -0.05) is 103 Å².